The number of hydrogen-bond acceptors (Lipinski definition) is 4. The molecule has 0 N–H and O–H groups in total. The van der Waals surface area contributed by atoms with E-state index < -0.39 is 17.5 Å². The van der Waals surface area contributed by atoms with Gasteiger partial charge in [0.2, 0.25) is 5.88 Å². The van der Waals surface area contributed by atoms with Crippen LogP contribution in [0.25, 0.3) is 11.3 Å². The first-order valence-electron chi connectivity index (χ1n) is 10.5. The maximum absolute atomic E-state index is 13.9. The number of aryl methyl sites for hydroxylation is 1. The number of piperidine rings is 1. The molecule has 3 aromatic rings. The summed E-state index contributed by atoms with van der Waals surface area (Å²) in [5.74, 6) is -4.09. The van der Waals surface area contributed by atoms with Gasteiger partial charge >= 0.3 is 0 Å². The van der Waals surface area contributed by atoms with E-state index in [1.807, 2.05) is 0 Å². The van der Waals surface area contributed by atoms with Crippen molar-refractivity contribution in [2.75, 3.05) is 7.11 Å². The highest BCUT2D eigenvalue weighted by Crippen LogP contribution is 2.45. The first-order chi connectivity index (χ1) is 15.8. The van der Waals surface area contributed by atoms with E-state index in [0.29, 0.717) is 29.3 Å². The summed E-state index contributed by atoms with van der Waals surface area (Å²) in [6.07, 6.45) is 2.85. The van der Waals surface area contributed by atoms with E-state index in [-0.39, 0.29) is 35.1 Å². The van der Waals surface area contributed by atoms with Crippen LogP contribution in [0.5, 0.6) is 5.88 Å². The van der Waals surface area contributed by atoms with E-state index >= 15 is 0 Å². The zero-order valence-corrected chi connectivity index (χ0v) is 18.7. The van der Waals surface area contributed by atoms with Crippen molar-refractivity contribution in [2.24, 2.45) is 7.05 Å². The van der Waals surface area contributed by atoms with Crippen molar-refractivity contribution in [3.8, 4) is 17.1 Å². The molecule has 5 rings (SSSR count). The van der Waals surface area contributed by atoms with E-state index in [0.717, 1.165) is 30.5 Å². The highest BCUT2D eigenvalue weighted by molar-refractivity contribution is 6.31. The molecule has 0 radical (unpaired) electrons. The minimum Gasteiger partial charge on any atom is -0.480 e. The molecule has 0 saturated carbocycles. The molecule has 0 unspecified atom stereocenters. The number of fused-ring (bicyclic) bond motifs is 4. The van der Waals surface area contributed by atoms with E-state index in [1.165, 1.54) is 7.11 Å². The number of hydrogen-bond donors (Lipinski definition) is 0. The zero-order valence-electron chi connectivity index (χ0n) is 17.9. The topological polar surface area (TPSA) is 60.2 Å². The summed E-state index contributed by atoms with van der Waals surface area (Å²) >= 11 is 6.06. The van der Waals surface area contributed by atoms with Gasteiger partial charge < -0.3 is 9.64 Å². The predicted molar refractivity (Wildman–Crippen MR) is 115 cm³/mol. The molecule has 0 spiro atoms. The van der Waals surface area contributed by atoms with Gasteiger partial charge in [0.1, 0.15) is 10.7 Å². The lowest BCUT2D eigenvalue weighted by atomic mass is 9.81. The van der Waals surface area contributed by atoms with E-state index in [2.05, 4.69) is 10.1 Å². The molecule has 6 nitrogen and oxygen atoms in total. The molecular weight excluding hydrogens is 457 g/mol. The molecular formula is C23H20ClF3N4O2. The summed E-state index contributed by atoms with van der Waals surface area (Å²) in [5.41, 5.74) is 2.46. The van der Waals surface area contributed by atoms with Crippen molar-refractivity contribution in [1.29, 1.82) is 0 Å². The average molecular weight is 477 g/mol. The molecule has 2 aliphatic rings. The molecule has 4 heterocycles. The Bertz CT molecular complexity index is 1260. The molecule has 172 valence electrons. The van der Waals surface area contributed by atoms with Crippen LogP contribution >= 0.6 is 11.6 Å². The molecule has 10 heteroatoms. The molecule has 1 saturated heterocycles. The molecule has 0 aliphatic carbocycles. The number of aromatic nitrogens is 3. The average Bonchev–Trinajstić information content (AvgIpc) is 3.12. The van der Waals surface area contributed by atoms with Crippen LogP contribution in [-0.2, 0) is 13.5 Å². The lowest BCUT2D eigenvalue weighted by Gasteiger charge is -2.45. The van der Waals surface area contributed by atoms with Gasteiger partial charge in [-0.3, -0.25) is 9.48 Å². The Hall–Kier alpha value is -3.07. The van der Waals surface area contributed by atoms with Gasteiger partial charge in [0.25, 0.3) is 5.91 Å². The fourth-order valence-electron chi connectivity index (χ4n) is 5.02. The Morgan fingerprint density at radius 2 is 1.91 bits per heavy atom. The molecule has 1 fully saturated rings. The minimum atomic E-state index is -1.51. The van der Waals surface area contributed by atoms with Gasteiger partial charge in [-0.2, -0.15) is 5.10 Å². The third-order valence-corrected chi connectivity index (χ3v) is 6.68. The second kappa shape index (κ2) is 8.06. The number of nitrogens with zero attached hydrogens (tertiary/aromatic N) is 4. The number of benzene rings is 1. The number of carbonyl (C=O) groups excluding carboxylic acids is 1. The predicted octanol–water partition coefficient (Wildman–Crippen LogP) is 4.85. The van der Waals surface area contributed by atoms with Crippen LogP contribution in [-0.4, -0.2) is 38.7 Å². The fraction of sp³-hybridized carbons (Fsp3) is 0.348. The SMILES string of the molecule is COc1nc(C(=O)N2[C@@H]3CCC[C@H]2c2nn(C)c(-c4cc(F)c(F)c(F)c4)c2C3)ccc1Cl. The van der Waals surface area contributed by atoms with Gasteiger partial charge in [-0.05, 0) is 49.9 Å². The van der Waals surface area contributed by atoms with Gasteiger partial charge in [-0.15, -0.1) is 0 Å². The Kier molecular flexibility index (Phi) is 5.31. The lowest BCUT2D eigenvalue weighted by molar-refractivity contribution is 0.0385. The van der Waals surface area contributed by atoms with Crippen molar-refractivity contribution in [3.05, 3.63) is 63.7 Å². The fourth-order valence-corrected chi connectivity index (χ4v) is 5.20. The number of amides is 1. The highest BCUT2D eigenvalue weighted by atomic mass is 35.5. The van der Waals surface area contributed by atoms with E-state index in [1.54, 1.807) is 28.8 Å². The van der Waals surface area contributed by atoms with Crippen molar-refractivity contribution in [2.45, 2.75) is 37.8 Å². The summed E-state index contributed by atoms with van der Waals surface area (Å²) < 4.78 is 48.1. The van der Waals surface area contributed by atoms with Crippen LogP contribution in [0, 0.1) is 17.5 Å². The van der Waals surface area contributed by atoms with E-state index in [9.17, 15) is 18.0 Å². The van der Waals surface area contributed by atoms with Crippen LogP contribution in [0.15, 0.2) is 24.3 Å². The molecule has 2 atom stereocenters. The van der Waals surface area contributed by atoms with Crippen LogP contribution < -0.4 is 4.74 Å². The third-order valence-electron chi connectivity index (χ3n) is 6.39. The number of pyridine rings is 1. The number of methoxy groups -OCH3 is 1. The second-order valence-corrected chi connectivity index (χ2v) is 8.70. The van der Waals surface area contributed by atoms with Gasteiger partial charge in [0.15, 0.2) is 17.5 Å². The van der Waals surface area contributed by atoms with Gasteiger partial charge in [0, 0.05) is 24.2 Å². The number of carbonyl (C=O) groups is 1. The van der Waals surface area contributed by atoms with Crippen molar-refractivity contribution >= 4 is 17.5 Å². The smallest absolute Gasteiger partial charge is 0.273 e. The maximum atomic E-state index is 13.9. The number of rotatable bonds is 3. The molecule has 33 heavy (non-hydrogen) atoms. The van der Waals surface area contributed by atoms with Crippen LogP contribution in [0.2, 0.25) is 5.02 Å². The van der Waals surface area contributed by atoms with Crippen LogP contribution in [0.1, 0.15) is 47.1 Å². The van der Waals surface area contributed by atoms with E-state index in [4.69, 9.17) is 16.3 Å². The number of ether oxygens (including phenoxy) is 1. The summed E-state index contributed by atoms with van der Waals surface area (Å²) in [7, 11) is 3.11. The number of halogens is 4. The Morgan fingerprint density at radius 3 is 2.61 bits per heavy atom. The summed E-state index contributed by atoms with van der Waals surface area (Å²) in [5, 5.41) is 4.93. The quantitative estimate of drug-likeness (QED) is 0.507. The molecule has 1 aromatic carbocycles. The Morgan fingerprint density at radius 1 is 1.18 bits per heavy atom. The first kappa shape index (κ1) is 21.8. The maximum Gasteiger partial charge on any atom is 0.273 e. The van der Waals surface area contributed by atoms with Gasteiger partial charge in [0.05, 0.1) is 24.5 Å². The molecule has 1 amide bonds. The third kappa shape index (κ3) is 3.45. The van der Waals surface area contributed by atoms with Crippen LogP contribution in [0.3, 0.4) is 0 Å². The van der Waals surface area contributed by atoms with Crippen LogP contribution in [0.4, 0.5) is 13.2 Å². The zero-order chi connectivity index (χ0) is 23.4. The molecule has 2 bridgehead atoms. The standard InChI is InChI=1S/C23H20ClF3N4O2/c1-30-21(11-8-15(25)19(27)16(26)9-11)13-10-12-4-3-5-18(20(13)29-30)31(12)23(32)17-7-6-14(24)22(28-17)33-2/h6-9,12,18H,3-5,10H2,1-2H3/t12-,18+/m1/s1. The highest BCUT2D eigenvalue weighted by Gasteiger charge is 2.44. The van der Waals surface area contributed by atoms with Gasteiger partial charge in [-0.1, -0.05) is 11.6 Å². The first-order valence-corrected chi connectivity index (χ1v) is 10.9. The minimum absolute atomic E-state index is 0.134. The Balaban J connectivity index is 1.57. The summed E-state index contributed by atoms with van der Waals surface area (Å²) in [6.45, 7) is 0. The normalized spacial score (nSPS) is 19.4. The molecule has 2 aliphatic heterocycles. The monoisotopic (exact) mass is 476 g/mol. The van der Waals surface area contributed by atoms with Gasteiger partial charge in [-0.25, -0.2) is 18.2 Å². The summed E-state index contributed by atoms with van der Waals surface area (Å²) in [4.78, 5) is 19.5. The molecule has 2 aromatic heterocycles. The summed E-state index contributed by atoms with van der Waals surface area (Å²) in [6, 6.07) is 4.65. The van der Waals surface area contributed by atoms with Crippen molar-refractivity contribution in [3.63, 3.8) is 0 Å². The lowest BCUT2D eigenvalue weighted by Crippen LogP contribution is -2.50. The Labute approximate surface area is 192 Å². The van der Waals surface area contributed by atoms with Crippen molar-refractivity contribution < 1.29 is 22.7 Å². The largest absolute Gasteiger partial charge is 0.480 e. The van der Waals surface area contributed by atoms with Crippen molar-refractivity contribution in [1.82, 2.24) is 19.7 Å². The second-order valence-electron chi connectivity index (χ2n) is 8.29.